The number of carbonyl (C=O) groups excluding carboxylic acids is 2. The summed E-state index contributed by atoms with van der Waals surface area (Å²) < 4.78 is 0. The van der Waals surface area contributed by atoms with E-state index in [0.29, 0.717) is 15.7 Å². The van der Waals surface area contributed by atoms with E-state index in [1.807, 2.05) is 0 Å². The Morgan fingerprint density at radius 2 is 2.04 bits per heavy atom. The summed E-state index contributed by atoms with van der Waals surface area (Å²) >= 11 is 7.33. The highest BCUT2D eigenvalue weighted by Gasteiger charge is 2.19. The van der Waals surface area contributed by atoms with Crippen molar-refractivity contribution >= 4 is 39.9 Å². The molecule has 24 heavy (non-hydrogen) atoms. The zero-order chi connectivity index (χ0) is 17.5. The van der Waals surface area contributed by atoms with E-state index in [1.165, 1.54) is 11.3 Å². The highest BCUT2D eigenvalue weighted by Crippen LogP contribution is 2.18. The molecule has 0 aliphatic rings. The van der Waals surface area contributed by atoms with Crippen molar-refractivity contribution in [1.29, 1.82) is 0 Å². The summed E-state index contributed by atoms with van der Waals surface area (Å²) in [5, 5.41) is 14.9. The first kappa shape index (κ1) is 18.4. The fourth-order valence-electron chi connectivity index (χ4n) is 1.93. The zero-order valence-electron chi connectivity index (χ0n) is 13.5. The van der Waals surface area contributed by atoms with Crippen molar-refractivity contribution in [3.63, 3.8) is 0 Å². The highest BCUT2D eigenvalue weighted by molar-refractivity contribution is 7.15. The molecule has 0 saturated heterocycles. The summed E-state index contributed by atoms with van der Waals surface area (Å²) in [7, 11) is 0. The molecule has 1 heterocycles. The smallest absolute Gasteiger partial charge is 0.253 e. The molecule has 2 aromatic rings. The normalized spacial score (nSPS) is 11.8. The summed E-state index contributed by atoms with van der Waals surface area (Å²) in [4.78, 5) is 24.3. The number of benzene rings is 1. The molecular formula is C16H19ClN4O2S. The topological polar surface area (TPSA) is 84.0 Å². The van der Waals surface area contributed by atoms with Crippen molar-refractivity contribution in [2.75, 3.05) is 5.32 Å². The highest BCUT2D eigenvalue weighted by atomic mass is 35.5. The minimum absolute atomic E-state index is 0.330. The van der Waals surface area contributed by atoms with E-state index in [0.717, 1.165) is 24.3 Å². The Kier molecular flexibility index (Phi) is 6.69. The Balaban J connectivity index is 1.91. The van der Waals surface area contributed by atoms with Crippen molar-refractivity contribution in [3.05, 3.63) is 39.9 Å². The fourth-order valence-corrected chi connectivity index (χ4v) is 2.94. The molecule has 0 fully saturated rings. The van der Waals surface area contributed by atoms with Crippen LogP contribution < -0.4 is 10.6 Å². The second kappa shape index (κ2) is 8.75. The molecule has 0 bridgehead atoms. The first-order valence-electron chi connectivity index (χ1n) is 7.70. The molecule has 2 amide bonds. The SMILES string of the molecule is CCCCc1nnc(NC(=O)C(C)NC(=O)c2ccccc2Cl)s1. The first-order chi connectivity index (χ1) is 11.5. The van der Waals surface area contributed by atoms with Crippen LogP contribution in [0.5, 0.6) is 0 Å². The van der Waals surface area contributed by atoms with Gasteiger partial charge in [-0.3, -0.25) is 14.9 Å². The van der Waals surface area contributed by atoms with Gasteiger partial charge < -0.3 is 5.32 Å². The van der Waals surface area contributed by atoms with E-state index in [4.69, 9.17) is 11.6 Å². The van der Waals surface area contributed by atoms with Crippen molar-refractivity contribution in [1.82, 2.24) is 15.5 Å². The Morgan fingerprint density at radius 1 is 1.29 bits per heavy atom. The number of rotatable bonds is 7. The number of nitrogens with zero attached hydrogens (tertiary/aromatic N) is 2. The molecule has 1 aromatic heterocycles. The lowest BCUT2D eigenvalue weighted by Gasteiger charge is -2.13. The second-order valence-electron chi connectivity index (χ2n) is 5.27. The van der Waals surface area contributed by atoms with E-state index >= 15 is 0 Å². The van der Waals surface area contributed by atoms with Crippen LogP contribution in [-0.4, -0.2) is 28.1 Å². The maximum absolute atomic E-state index is 12.2. The summed E-state index contributed by atoms with van der Waals surface area (Å²) in [5.74, 6) is -0.752. The predicted molar refractivity (Wildman–Crippen MR) is 95.5 cm³/mol. The van der Waals surface area contributed by atoms with Crippen molar-refractivity contribution in [2.24, 2.45) is 0 Å². The van der Waals surface area contributed by atoms with Crippen LogP contribution in [0.25, 0.3) is 0 Å². The van der Waals surface area contributed by atoms with Crippen molar-refractivity contribution in [3.8, 4) is 0 Å². The Bertz CT molecular complexity index is 720. The molecular weight excluding hydrogens is 348 g/mol. The van der Waals surface area contributed by atoms with Gasteiger partial charge in [0, 0.05) is 6.42 Å². The number of nitrogens with one attached hydrogen (secondary N) is 2. The molecule has 2 rings (SSSR count). The van der Waals surface area contributed by atoms with E-state index < -0.39 is 11.9 Å². The number of halogens is 1. The number of carbonyl (C=O) groups is 2. The van der Waals surface area contributed by atoms with Crippen LogP contribution >= 0.6 is 22.9 Å². The maximum Gasteiger partial charge on any atom is 0.253 e. The molecule has 0 saturated carbocycles. The Labute approximate surface area is 149 Å². The zero-order valence-corrected chi connectivity index (χ0v) is 15.1. The fraction of sp³-hybridized carbons (Fsp3) is 0.375. The first-order valence-corrected chi connectivity index (χ1v) is 8.89. The molecule has 1 unspecified atom stereocenters. The number of amides is 2. The lowest BCUT2D eigenvalue weighted by molar-refractivity contribution is -0.117. The lowest BCUT2D eigenvalue weighted by Crippen LogP contribution is -2.41. The van der Waals surface area contributed by atoms with E-state index in [2.05, 4.69) is 27.8 Å². The van der Waals surface area contributed by atoms with Crippen LogP contribution in [0.3, 0.4) is 0 Å². The van der Waals surface area contributed by atoms with Gasteiger partial charge >= 0.3 is 0 Å². The third-order valence-electron chi connectivity index (χ3n) is 3.30. The van der Waals surface area contributed by atoms with E-state index in [1.54, 1.807) is 31.2 Å². The third-order valence-corrected chi connectivity index (χ3v) is 4.53. The predicted octanol–water partition coefficient (Wildman–Crippen LogP) is 3.29. The van der Waals surface area contributed by atoms with Crippen molar-refractivity contribution < 1.29 is 9.59 Å². The molecule has 1 atom stereocenters. The molecule has 0 aliphatic heterocycles. The number of aryl methyl sites for hydroxylation is 1. The average molecular weight is 367 g/mol. The van der Waals surface area contributed by atoms with Gasteiger partial charge in [-0.1, -0.05) is 48.4 Å². The quantitative estimate of drug-likeness (QED) is 0.787. The second-order valence-corrected chi connectivity index (χ2v) is 6.74. The molecule has 0 aliphatic carbocycles. The molecule has 128 valence electrons. The van der Waals surface area contributed by atoms with Crippen LogP contribution in [0.4, 0.5) is 5.13 Å². The lowest BCUT2D eigenvalue weighted by atomic mass is 10.2. The van der Waals surface area contributed by atoms with Crippen LogP contribution in [0, 0.1) is 0 Å². The van der Waals surface area contributed by atoms with Gasteiger partial charge in [0.15, 0.2) is 0 Å². The van der Waals surface area contributed by atoms with Gasteiger partial charge in [-0.05, 0) is 25.5 Å². The van der Waals surface area contributed by atoms with Crippen molar-refractivity contribution in [2.45, 2.75) is 39.2 Å². The minimum atomic E-state index is -0.725. The van der Waals surface area contributed by atoms with E-state index in [-0.39, 0.29) is 5.91 Å². The average Bonchev–Trinajstić information content (AvgIpc) is 3.00. The number of hydrogen-bond donors (Lipinski definition) is 2. The Morgan fingerprint density at radius 3 is 2.75 bits per heavy atom. The van der Waals surface area contributed by atoms with Crippen LogP contribution in [0.1, 0.15) is 42.1 Å². The minimum Gasteiger partial charge on any atom is -0.340 e. The van der Waals surface area contributed by atoms with Gasteiger partial charge in [-0.2, -0.15) is 0 Å². The van der Waals surface area contributed by atoms with Gasteiger partial charge in [-0.25, -0.2) is 0 Å². The number of aromatic nitrogens is 2. The Hall–Kier alpha value is -1.99. The summed E-state index contributed by atoms with van der Waals surface area (Å²) in [6.07, 6.45) is 2.96. The molecule has 0 radical (unpaired) electrons. The molecule has 6 nitrogen and oxygen atoms in total. The number of hydrogen-bond acceptors (Lipinski definition) is 5. The maximum atomic E-state index is 12.2. The number of unbranched alkanes of at least 4 members (excludes halogenated alkanes) is 1. The van der Waals surface area contributed by atoms with Crippen LogP contribution in [0.15, 0.2) is 24.3 Å². The third kappa shape index (κ3) is 5.01. The van der Waals surface area contributed by atoms with Crippen LogP contribution in [-0.2, 0) is 11.2 Å². The summed E-state index contributed by atoms with van der Waals surface area (Å²) in [6.45, 7) is 3.70. The van der Waals surface area contributed by atoms with Gasteiger partial charge in [0.05, 0.1) is 10.6 Å². The standard InChI is InChI=1S/C16H19ClN4O2S/c1-3-4-9-13-20-21-16(24-13)19-14(22)10(2)18-15(23)11-7-5-6-8-12(11)17/h5-8,10H,3-4,9H2,1-2H3,(H,18,23)(H,19,21,22). The summed E-state index contributed by atoms with van der Waals surface area (Å²) in [6, 6.07) is 5.95. The largest absolute Gasteiger partial charge is 0.340 e. The monoisotopic (exact) mass is 366 g/mol. The summed E-state index contributed by atoms with van der Waals surface area (Å²) in [5.41, 5.74) is 0.330. The molecule has 2 N–H and O–H groups in total. The van der Waals surface area contributed by atoms with Gasteiger partial charge in [0.1, 0.15) is 11.0 Å². The molecule has 8 heteroatoms. The van der Waals surface area contributed by atoms with Gasteiger partial charge in [0.2, 0.25) is 11.0 Å². The molecule has 0 spiro atoms. The molecule has 1 aromatic carbocycles. The van der Waals surface area contributed by atoms with E-state index in [9.17, 15) is 9.59 Å². The van der Waals surface area contributed by atoms with Gasteiger partial charge in [-0.15, -0.1) is 10.2 Å². The van der Waals surface area contributed by atoms with Gasteiger partial charge in [0.25, 0.3) is 5.91 Å². The van der Waals surface area contributed by atoms with Crippen LogP contribution in [0.2, 0.25) is 5.02 Å². The number of anilines is 1.